The number of ether oxygens (including phenoxy) is 2. The van der Waals surface area contributed by atoms with Gasteiger partial charge in [-0.05, 0) is 58.5 Å². The second-order valence-corrected chi connectivity index (χ2v) is 6.54. The Morgan fingerprint density at radius 3 is 2.54 bits per heavy atom. The number of hydrogen-bond donors (Lipinski definition) is 1. The Kier molecular flexibility index (Phi) is 6.70. The Morgan fingerprint density at radius 1 is 1.17 bits per heavy atom. The molecule has 24 heavy (non-hydrogen) atoms. The Morgan fingerprint density at radius 2 is 1.92 bits per heavy atom. The minimum absolute atomic E-state index is 0.308. The minimum Gasteiger partial charge on any atom is -0.493 e. The van der Waals surface area contributed by atoms with Gasteiger partial charge >= 0.3 is 0 Å². The highest BCUT2D eigenvalue weighted by molar-refractivity contribution is 14.1. The van der Waals surface area contributed by atoms with E-state index in [2.05, 4.69) is 33.1 Å². The average Bonchev–Trinajstić information content (AvgIpc) is 2.56. The summed E-state index contributed by atoms with van der Waals surface area (Å²) < 4.78 is 11.4. The third-order valence-electron chi connectivity index (χ3n) is 3.02. The predicted molar refractivity (Wildman–Crippen MR) is 104 cm³/mol. The molecule has 0 aliphatic carbocycles. The summed E-state index contributed by atoms with van der Waals surface area (Å²) >= 11 is 13.8. The molecule has 5 nitrogen and oxygen atoms in total. The van der Waals surface area contributed by atoms with Gasteiger partial charge < -0.3 is 9.47 Å². The molecule has 0 fully saturated rings. The molecule has 1 N–H and O–H groups in total. The summed E-state index contributed by atoms with van der Waals surface area (Å²) in [5.41, 5.74) is 3.55. The van der Waals surface area contributed by atoms with E-state index >= 15 is 0 Å². The van der Waals surface area contributed by atoms with Crippen LogP contribution in [0, 0.1) is 3.57 Å². The van der Waals surface area contributed by atoms with Crippen molar-refractivity contribution in [2.24, 2.45) is 5.10 Å². The van der Waals surface area contributed by atoms with Crippen LogP contribution in [-0.4, -0.2) is 26.3 Å². The molecule has 8 heteroatoms. The van der Waals surface area contributed by atoms with Gasteiger partial charge in [0, 0.05) is 5.56 Å². The molecular weight excluding hydrogens is 466 g/mol. The summed E-state index contributed by atoms with van der Waals surface area (Å²) in [4.78, 5) is 12.0. The molecule has 0 aliphatic heterocycles. The number of carbonyl (C=O) groups is 1. The fraction of sp³-hybridized carbons (Fsp3) is 0.125. The predicted octanol–water partition coefficient (Wildman–Crippen LogP) is 4.38. The van der Waals surface area contributed by atoms with Crippen molar-refractivity contribution in [3.63, 3.8) is 0 Å². The summed E-state index contributed by atoms with van der Waals surface area (Å²) in [7, 11) is 3.13. The summed E-state index contributed by atoms with van der Waals surface area (Å²) in [5, 5.41) is 4.64. The van der Waals surface area contributed by atoms with E-state index in [0.717, 1.165) is 9.13 Å². The maximum absolute atomic E-state index is 12.0. The van der Waals surface area contributed by atoms with Crippen molar-refractivity contribution >= 4 is 57.9 Å². The fourth-order valence-electron chi connectivity index (χ4n) is 1.88. The molecule has 0 radical (unpaired) electrons. The van der Waals surface area contributed by atoms with E-state index in [1.165, 1.54) is 12.3 Å². The van der Waals surface area contributed by atoms with E-state index in [-0.39, 0.29) is 5.91 Å². The molecule has 2 rings (SSSR count). The van der Waals surface area contributed by atoms with Crippen molar-refractivity contribution in [1.29, 1.82) is 0 Å². The van der Waals surface area contributed by atoms with Gasteiger partial charge in [0.2, 0.25) is 0 Å². The third-order valence-corrected chi connectivity index (χ3v) is 4.56. The highest BCUT2D eigenvalue weighted by Crippen LogP contribution is 2.33. The first-order valence-electron chi connectivity index (χ1n) is 6.66. The third kappa shape index (κ3) is 4.52. The molecule has 126 valence electrons. The lowest BCUT2D eigenvalue weighted by molar-refractivity contribution is 0.0955. The van der Waals surface area contributed by atoms with Gasteiger partial charge in [-0.1, -0.05) is 23.2 Å². The number of hydrogen-bond acceptors (Lipinski definition) is 4. The van der Waals surface area contributed by atoms with Crippen LogP contribution in [0.2, 0.25) is 10.0 Å². The fourth-order valence-corrected chi connectivity index (χ4v) is 3.02. The van der Waals surface area contributed by atoms with Crippen molar-refractivity contribution in [1.82, 2.24) is 5.43 Å². The van der Waals surface area contributed by atoms with Crippen LogP contribution in [0.1, 0.15) is 15.9 Å². The minimum atomic E-state index is -0.389. The summed E-state index contributed by atoms with van der Waals surface area (Å²) in [6, 6.07) is 8.22. The molecule has 0 aromatic heterocycles. The summed E-state index contributed by atoms with van der Waals surface area (Å²) in [5.74, 6) is 0.844. The van der Waals surface area contributed by atoms with Gasteiger partial charge in [-0.2, -0.15) is 5.10 Å². The van der Waals surface area contributed by atoms with Crippen LogP contribution in [0.4, 0.5) is 0 Å². The zero-order valence-electron chi connectivity index (χ0n) is 12.8. The SMILES string of the molecule is COc1cc(/C=N\NC(=O)c2ccc(Cl)c(Cl)c2)cc(I)c1OC. The standard InChI is InChI=1S/C16H13Cl2IN2O3/c1-23-14-6-9(5-13(19)15(14)24-2)8-20-21-16(22)10-3-4-11(17)12(18)7-10/h3-8H,1-2H3,(H,21,22)/b20-8-. The first-order chi connectivity index (χ1) is 11.5. The molecule has 0 saturated heterocycles. The highest BCUT2D eigenvalue weighted by atomic mass is 127. The molecule has 1 amide bonds. The molecule has 2 aromatic carbocycles. The number of benzene rings is 2. The highest BCUT2D eigenvalue weighted by Gasteiger charge is 2.10. The van der Waals surface area contributed by atoms with Crippen LogP contribution in [0.3, 0.4) is 0 Å². The van der Waals surface area contributed by atoms with Gasteiger partial charge in [-0.25, -0.2) is 5.43 Å². The van der Waals surface area contributed by atoms with Crippen LogP contribution in [0.15, 0.2) is 35.4 Å². The average molecular weight is 479 g/mol. The Labute approximate surface area is 163 Å². The Bertz CT molecular complexity index is 797. The molecule has 0 atom stereocenters. The first-order valence-corrected chi connectivity index (χ1v) is 8.49. The van der Waals surface area contributed by atoms with Gasteiger partial charge in [-0.15, -0.1) is 0 Å². The first kappa shape index (κ1) is 18.8. The molecular formula is C16H13Cl2IN2O3. The van der Waals surface area contributed by atoms with Crippen molar-refractivity contribution in [3.05, 3.63) is 55.1 Å². The van der Waals surface area contributed by atoms with E-state index < -0.39 is 0 Å². The number of hydrazone groups is 1. The Hall–Kier alpha value is -1.51. The Balaban J connectivity index is 2.12. The maximum Gasteiger partial charge on any atom is 0.271 e. The number of methoxy groups -OCH3 is 2. The van der Waals surface area contributed by atoms with Crippen LogP contribution in [0.5, 0.6) is 11.5 Å². The van der Waals surface area contributed by atoms with Crippen LogP contribution in [-0.2, 0) is 0 Å². The zero-order valence-corrected chi connectivity index (χ0v) is 16.4. The van der Waals surface area contributed by atoms with Crippen molar-refractivity contribution in [2.45, 2.75) is 0 Å². The molecule has 0 spiro atoms. The van der Waals surface area contributed by atoms with Crippen LogP contribution in [0.25, 0.3) is 0 Å². The van der Waals surface area contributed by atoms with E-state index in [1.54, 1.807) is 32.4 Å². The van der Waals surface area contributed by atoms with Gasteiger partial charge in [0.15, 0.2) is 11.5 Å². The topological polar surface area (TPSA) is 59.9 Å². The quantitative estimate of drug-likeness (QED) is 0.394. The maximum atomic E-state index is 12.0. The van der Waals surface area contributed by atoms with E-state index in [0.29, 0.717) is 27.1 Å². The zero-order chi connectivity index (χ0) is 17.7. The number of nitrogens with zero attached hydrogens (tertiary/aromatic N) is 1. The lowest BCUT2D eigenvalue weighted by Gasteiger charge is -2.10. The largest absolute Gasteiger partial charge is 0.493 e. The van der Waals surface area contributed by atoms with Crippen LogP contribution < -0.4 is 14.9 Å². The van der Waals surface area contributed by atoms with Gasteiger partial charge in [0.05, 0.1) is 34.0 Å². The number of carbonyl (C=O) groups excluding carboxylic acids is 1. The summed E-state index contributed by atoms with van der Waals surface area (Å²) in [6.45, 7) is 0. The van der Waals surface area contributed by atoms with Crippen molar-refractivity contribution in [2.75, 3.05) is 14.2 Å². The molecule has 0 bridgehead atoms. The van der Waals surface area contributed by atoms with Gasteiger partial charge in [0.1, 0.15) is 0 Å². The lowest BCUT2D eigenvalue weighted by atomic mass is 10.2. The van der Waals surface area contributed by atoms with E-state index in [9.17, 15) is 4.79 Å². The smallest absolute Gasteiger partial charge is 0.271 e. The number of rotatable bonds is 5. The number of nitrogens with one attached hydrogen (secondary N) is 1. The van der Waals surface area contributed by atoms with Gasteiger partial charge in [-0.3, -0.25) is 4.79 Å². The lowest BCUT2D eigenvalue weighted by Crippen LogP contribution is -2.17. The van der Waals surface area contributed by atoms with Crippen LogP contribution >= 0.6 is 45.8 Å². The molecule has 0 heterocycles. The normalized spacial score (nSPS) is 10.7. The monoisotopic (exact) mass is 478 g/mol. The second-order valence-electron chi connectivity index (χ2n) is 4.57. The van der Waals surface area contributed by atoms with Crippen molar-refractivity contribution in [3.8, 4) is 11.5 Å². The van der Waals surface area contributed by atoms with Crippen molar-refractivity contribution < 1.29 is 14.3 Å². The molecule has 2 aromatic rings. The second kappa shape index (κ2) is 8.55. The molecule has 0 unspecified atom stereocenters. The number of amides is 1. The van der Waals surface area contributed by atoms with E-state index in [1.807, 2.05) is 6.07 Å². The molecule has 0 aliphatic rings. The van der Waals surface area contributed by atoms with Gasteiger partial charge in [0.25, 0.3) is 5.91 Å². The van der Waals surface area contributed by atoms with E-state index in [4.69, 9.17) is 32.7 Å². The molecule has 0 saturated carbocycles. The summed E-state index contributed by atoms with van der Waals surface area (Å²) in [6.07, 6.45) is 1.51. The number of halogens is 3.